The summed E-state index contributed by atoms with van der Waals surface area (Å²) in [5, 5.41) is 9.57. The van der Waals surface area contributed by atoms with Crippen LogP contribution in [0.2, 0.25) is 5.02 Å². The first-order valence-corrected chi connectivity index (χ1v) is 12.3. The summed E-state index contributed by atoms with van der Waals surface area (Å²) in [6.07, 6.45) is 2.66. The molecule has 8 heteroatoms. The molecular formula is C27H29ClN4O3. The third kappa shape index (κ3) is 4.91. The minimum Gasteiger partial charge on any atom is -0.493 e. The third-order valence-electron chi connectivity index (χ3n) is 6.91. The van der Waals surface area contributed by atoms with E-state index in [1.54, 1.807) is 14.2 Å². The molecule has 0 aliphatic carbocycles. The fourth-order valence-corrected chi connectivity index (χ4v) is 5.11. The van der Waals surface area contributed by atoms with Crippen LogP contribution in [0.4, 0.5) is 5.82 Å². The van der Waals surface area contributed by atoms with E-state index in [4.69, 9.17) is 21.1 Å². The first kappa shape index (κ1) is 23.4. The zero-order valence-electron chi connectivity index (χ0n) is 20.0. The molecule has 1 atom stereocenters. The average molecular weight is 493 g/mol. The molecule has 0 bridgehead atoms. The van der Waals surface area contributed by atoms with Crippen molar-refractivity contribution in [3.05, 3.63) is 64.7 Å². The molecule has 5 rings (SSSR count). The number of nitrogens with zero attached hydrogens (tertiary/aromatic N) is 4. The van der Waals surface area contributed by atoms with E-state index in [-0.39, 0.29) is 11.8 Å². The molecule has 1 aromatic heterocycles. The second-order valence-corrected chi connectivity index (χ2v) is 9.49. The van der Waals surface area contributed by atoms with Crippen LogP contribution in [-0.4, -0.2) is 54.9 Å². The highest BCUT2D eigenvalue weighted by Crippen LogP contribution is 2.34. The Hall–Kier alpha value is -3.32. The van der Waals surface area contributed by atoms with Crippen LogP contribution in [0.5, 0.6) is 11.5 Å². The van der Waals surface area contributed by atoms with Gasteiger partial charge >= 0.3 is 0 Å². The second-order valence-electron chi connectivity index (χ2n) is 9.05. The standard InChI is InChI=1S/C27H29ClN4O3/c1-34-24-14-19-11-13-32(17-21(19)15-25(24)35-2)27(33)20-4-3-12-31(16-20)26-10-9-23(29-30-26)18-5-7-22(28)8-6-18/h5-10,14-15,20H,3-4,11-13,16-17H2,1-2H3. The number of rotatable bonds is 5. The molecule has 35 heavy (non-hydrogen) atoms. The number of hydrogen-bond acceptors (Lipinski definition) is 6. The third-order valence-corrected chi connectivity index (χ3v) is 7.17. The summed E-state index contributed by atoms with van der Waals surface area (Å²) in [5.41, 5.74) is 4.11. The van der Waals surface area contributed by atoms with Gasteiger partial charge in [0.25, 0.3) is 0 Å². The van der Waals surface area contributed by atoms with Gasteiger partial charge in [-0.3, -0.25) is 4.79 Å². The fourth-order valence-electron chi connectivity index (χ4n) is 4.98. The topological polar surface area (TPSA) is 67.8 Å². The molecule has 182 valence electrons. The number of benzene rings is 2. The van der Waals surface area contributed by atoms with Crippen LogP contribution in [0.1, 0.15) is 24.0 Å². The van der Waals surface area contributed by atoms with E-state index in [9.17, 15) is 4.79 Å². The number of methoxy groups -OCH3 is 2. The Labute approximate surface area is 210 Å². The van der Waals surface area contributed by atoms with Crippen molar-refractivity contribution in [1.82, 2.24) is 15.1 Å². The molecular weight excluding hydrogens is 464 g/mol. The predicted octanol–water partition coefficient (Wildman–Crippen LogP) is 4.62. The summed E-state index contributed by atoms with van der Waals surface area (Å²) in [6.45, 7) is 2.84. The molecule has 2 aliphatic rings. The van der Waals surface area contributed by atoms with Crippen molar-refractivity contribution < 1.29 is 14.3 Å². The van der Waals surface area contributed by atoms with Gasteiger partial charge in [-0.15, -0.1) is 10.2 Å². The number of ether oxygens (including phenoxy) is 2. The molecule has 0 N–H and O–H groups in total. The van der Waals surface area contributed by atoms with Gasteiger partial charge in [0.1, 0.15) is 0 Å². The van der Waals surface area contributed by atoms with Gasteiger partial charge in [-0.25, -0.2) is 0 Å². The summed E-state index contributed by atoms with van der Waals surface area (Å²) in [6, 6.07) is 15.6. The summed E-state index contributed by atoms with van der Waals surface area (Å²) in [5.74, 6) is 2.40. The highest BCUT2D eigenvalue weighted by molar-refractivity contribution is 6.30. The second kappa shape index (κ2) is 10.1. The van der Waals surface area contributed by atoms with E-state index < -0.39 is 0 Å². The Bertz CT molecular complexity index is 1200. The number of carbonyl (C=O) groups excluding carboxylic acids is 1. The van der Waals surface area contributed by atoms with Gasteiger partial charge in [0.15, 0.2) is 17.3 Å². The van der Waals surface area contributed by atoms with Gasteiger partial charge in [0.2, 0.25) is 5.91 Å². The molecule has 7 nitrogen and oxygen atoms in total. The van der Waals surface area contributed by atoms with E-state index in [2.05, 4.69) is 15.1 Å². The Morgan fingerprint density at radius 2 is 1.71 bits per heavy atom. The lowest BCUT2D eigenvalue weighted by Gasteiger charge is -2.37. The van der Waals surface area contributed by atoms with E-state index in [0.29, 0.717) is 30.4 Å². The van der Waals surface area contributed by atoms with Crippen LogP contribution in [0.25, 0.3) is 11.3 Å². The maximum absolute atomic E-state index is 13.5. The number of carbonyl (C=O) groups is 1. The van der Waals surface area contributed by atoms with E-state index in [1.807, 2.05) is 53.4 Å². The lowest BCUT2D eigenvalue weighted by Crippen LogP contribution is -2.46. The first-order chi connectivity index (χ1) is 17.1. The predicted molar refractivity (Wildman–Crippen MR) is 136 cm³/mol. The fraction of sp³-hybridized carbons (Fsp3) is 0.370. The highest BCUT2D eigenvalue weighted by atomic mass is 35.5. The first-order valence-electron chi connectivity index (χ1n) is 11.9. The number of aromatic nitrogens is 2. The molecule has 2 aromatic carbocycles. The van der Waals surface area contributed by atoms with Gasteiger partial charge in [0.05, 0.1) is 25.8 Å². The van der Waals surface area contributed by atoms with Crippen molar-refractivity contribution in [3.63, 3.8) is 0 Å². The molecule has 0 spiro atoms. The van der Waals surface area contributed by atoms with E-state index in [1.165, 1.54) is 5.56 Å². The van der Waals surface area contributed by atoms with E-state index >= 15 is 0 Å². The molecule has 2 aliphatic heterocycles. The van der Waals surface area contributed by atoms with Crippen LogP contribution in [0.3, 0.4) is 0 Å². The Morgan fingerprint density at radius 3 is 2.40 bits per heavy atom. The zero-order chi connectivity index (χ0) is 24.4. The summed E-state index contributed by atoms with van der Waals surface area (Å²) < 4.78 is 10.9. The SMILES string of the molecule is COc1cc2c(cc1OC)CN(C(=O)C1CCCN(c3ccc(-c4ccc(Cl)cc4)nn3)C1)CC2. The van der Waals surface area contributed by atoms with Crippen molar-refractivity contribution in [2.24, 2.45) is 5.92 Å². The normalized spacial score (nSPS) is 17.6. The average Bonchev–Trinajstić information content (AvgIpc) is 2.92. The molecule has 0 radical (unpaired) electrons. The number of amides is 1. The highest BCUT2D eigenvalue weighted by Gasteiger charge is 2.32. The molecule has 0 saturated carbocycles. The van der Waals surface area contributed by atoms with Gasteiger partial charge in [-0.2, -0.15) is 0 Å². The van der Waals surface area contributed by atoms with Crippen LogP contribution >= 0.6 is 11.6 Å². The summed E-state index contributed by atoms with van der Waals surface area (Å²) >= 11 is 5.99. The number of fused-ring (bicyclic) bond motifs is 1. The van der Waals surface area contributed by atoms with E-state index in [0.717, 1.165) is 54.2 Å². The van der Waals surface area contributed by atoms with Crippen molar-refractivity contribution in [3.8, 4) is 22.8 Å². The smallest absolute Gasteiger partial charge is 0.227 e. The Morgan fingerprint density at radius 1 is 0.971 bits per heavy atom. The molecule has 1 saturated heterocycles. The Kier molecular flexibility index (Phi) is 6.77. The molecule has 3 aromatic rings. The van der Waals surface area contributed by atoms with Crippen molar-refractivity contribution >= 4 is 23.3 Å². The van der Waals surface area contributed by atoms with Crippen molar-refractivity contribution in [2.45, 2.75) is 25.8 Å². The van der Waals surface area contributed by atoms with Gasteiger partial charge in [-0.1, -0.05) is 23.7 Å². The lowest BCUT2D eigenvalue weighted by molar-refractivity contribution is -0.136. The maximum Gasteiger partial charge on any atom is 0.227 e. The summed E-state index contributed by atoms with van der Waals surface area (Å²) in [7, 11) is 3.28. The molecule has 1 fully saturated rings. The lowest BCUT2D eigenvalue weighted by atomic mass is 9.93. The van der Waals surface area contributed by atoms with Crippen LogP contribution in [-0.2, 0) is 17.8 Å². The molecule has 3 heterocycles. The van der Waals surface area contributed by atoms with Crippen molar-refractivity contribution in [1.29, 1.82) is 0 Å². The number of piperidine rings is 1. The summed E-state index contributed by atoms with van der Waals surface area (Å²) in [4.78, 5) is 17.6. The van der Waals surface area contributed by atoms with Gasteiger partial charge in [0, 0.05) is 36.8 Å². The number of anilines is 1. The largest absolute Gasteiger partial charge is 0.493 e. The quantitative estimate of drug-likeness (QED) is 0.518. The molecule has 1 amide bonds. The van der Waals surface area contributed by atoms with Crippen LogP contribution < -0.4 is 14.4 Å². The zero-order valence-corrected chi connectivity index (χ0v) is 20.8. The van der Waals surface area contributed by atoms with Crippen LogP contribution in [0.15, 0.2) is 48.5 Å². The minimum absolute atomic E-state index is 0.0526. The number of hydrogen-bond donors (Lipinski definition) is 0. The Balaban J connectivity index is 1.26. The van der Waals surface area contributed by atoms with Gasteiger partial charge in [-0.05, 0) is 66.8 Å². The molecule has 1 unspecified atom stereocenters. The maximum atomic E-state index is 13.5. The number of halogens is 1. The van der Waals surface area contributed by atoms with Crippen LogP contribution in [0, 0.1) is 5.92 Å². The van der Waals surface area contributed by atoms with Crippen molar-refractivity contribution in [2.75, 3.05) is 38.8 Å². The minimum atomic E-state index is -0.0526. The monoisotopic (exact) mass is 492 g/mol. The van der Waals surface area contributed by atoms with Gasteiger partial charge < -0.3 is 19.3 Å².